The second kappa shape index (κ2) is 10.9. The fourth-order valence-corrected chi connectivity index (χ4v) is 2.22. The van der Waals surface area contributed by atoms with E-state index < -0.39 is 10.9 Å². The highest BCUT2D eigenvalue weighted by Gasteiger charge is 2.16. The van der Waals surface area contributed by atoms with Crippen molar-refractivity contribution in [1.29, 1.82) is 0 Å². The minimum Gasteiger partial charge on any atom is -0.487 e. The Hall–Kier alpha value is -2.90. The first kappa shape index (κ1) is 21.1. The number of rotatable bonds is 11. The molecular weight excluding hydrogens is 340 g/mol. The van der Waals surface area contributed by atoms with Crippen LogP contribution in [0, 0.1) is 10.1 Å². The van der Waals surface area contributed by atoms with Gasteiger partial charge in [-0.3, -0.25) is 19.7 Å². The third-order valence-electron chi connectivity index (χ3n) is 3.46. The Morgan fingerprint density at radius 1 is 1.27 bits per heavy atom. The molecule has 0 fully saturated rings. The van der Waals surface area contributed by atoms with Gasteiger partial charge in [0.15, 0.2) is 5.75 Å². The van der Waals surface area contributed by atoms with E-state index in [2.05, 4.69) is 0 Å². The van der Waals surface area contributed by atoms with Crippen LogP contribution in [0.4, 0.5) is 5.69 Å². The van der Waals surface area contributed by atoms with Gasteiger partial charge in [-0.2, -0.15) is 0 Å². The summed E-state index contributed by atoms with van der Waals surface area (Å²) in [4.78, 5) is 35.0. The molecule has 0 aliphatic heterocycles. The van der Waals surface area contributed by atoms with E-state index in [0.29, 0.717) is 25.1 Å². The van der Waals surface area contributed by atoms with Gasteiger partial charge < -0.3 is 14.7 Å². The van der Waals surface area contributed by atoms with Gasteiger partial charge in [-0.15, -0.1) is 0 Å². The van der Waals surface area contributed by atoms with Crippen LogP contribution in [-0.4, -0.2) is 46.5 Å². The Bertz CT molecular complexity index is 672. The molecule has 0 aliphatic rings. The molecule has 0 radical (unpaired) electrons. The Morgan fingerprint density at radius 3 is 2.58 bits per heavy atom. The maximum absolute atomic E-state index is 12.2. The van der Waals surface area contributed by atoms with Crippen molar-refractivity contribution in [2.75, 3.05) is 19.7 Å². The van der Waals surface area contributed by atoms with Crippen LogP contribution in [0.1, 0.15) is 38.7 Å². The van der Waals surface area contributed by atoms with Gasteiger partial charge in [0.2, 0.25) is 5.91 Å². The summed E-state index contributed by atoms with van der Waals surface area (Å²) in [7, 11) is 0. The summed E-state index contributed by atoms with van der Waals surface area (Å²) in [6.07, 6.45) is 4.07. The predicted molar refractivity (Wildman–Crippen MR) is 97.0 cm³/mol. The molecule has 1 N–H and O–H groups in total. The highest BCUT2D eigenvalue weighted by molar-refractivity contribution is 5.92. The summed E-state index contributed by atoms with van der Waals surface area (Å²) in [5, 5.41) is 19.9. The number of carbonyl (C=O) groups excluding carboxylic acids is 1. The topological polar surface area (TPSA) is 110 Å². The highest BCUT2D eigenvalue weighted by Crippen LogP contribution is 2.28. The van der Waals surface area contributed by atoms with Gasteiger partial charge in [-0.1, -0.05) is 19.9 Å². The number of ether oxygens (including phenoxy) is 1. The Labute approximate surface area is 152 Å². The minimum absolute atomic E-state index is 0.121. The molecule has 0 saturated heterocycles. The predicted octanol–water partition coefficient (Wildman–Crippen LogP) is 3.11. The number of aliphatic carboxylic acids is 1. The second-order valence-electron chi connectivity index (χ2n) is 5.64. The van der Waals surface area contributed by atoms with Crippen LogP contribution >= 0.6 is 0 Å². The first-order chi connectivity index (χ1) is 12.4. The van der Waals surface area contributed by atoms with Crippen molar-refractivity contribution in [3.8, 4) is 5.75 Å². The Morgan fingerprint density at radius 2 is 2.00 bits per heavy atom. The number of nitro groups is 1. The molecule has 26 heavy (non-hydrogen) atoms. The number of carboxylic acids is 1. The Kier molecular flexibility index (Phi) is 8.83. The summed E-state index contributed by atoms with van der Waals surface area (Å²) in [6, 6.07) is 4.48. The molecule has 0 aromatic heterocycles. The van der Waals surface area contributed by atoms with Crippen LogP contribution < -0.4 is 4.74 Å². The standard InChI is InChI=1S/C18H24N2O6/c1-3-10-19(11-9-18(22)23)17(21)8-6-14-5-7-16(26-12-4-2)15(13-14)20(24)25/h5-8,13H,3-4,9-12H2,1-2H3,(H,22,23)/b8-6+. The lowest BCUT2D eigenvalue weighted by molar-refractivity contribution is -0.385. The van der Waals surface area contributed by atoms with E-state index in [9.17, 15) is 19.7 Å². The van der Waals surface area contributed by atoms with Crippen molar-refractivity contribution < 1.29 is 24.4 Å². The lowest BCUT2D eigenvalue weighted by Crippen LogP contribution is -2.32. The van der Waals surface area contributed by atoms with Crippen LogP contribution in [0.2, 0.25) is 0 Å². The largest absolute Gasteiger partial charge is 0.487 e. The maximum atomic E-state index is 12.2. The summed E-state index contributed by atoms with van der Waals surface area (Å²) >= 11 is 0. The summed E-state index contributed by atoms with van der Waals surface area (Å²) in [5.41, 5.74) is 0.327. The monoisotopic (exact) mass is 364 g/mol. The number of benzene rings is 1. The fourth-order valence-electron chi connectivity index (χ4n) is 2.22. The smallest absolute Gasteiger partial charge is 0.311 e. The SMILES string of the molecule is CCCOc1ccc(/C=C/C(=O)N(CCC)CCC(=O)O)cc1[N+](=O)[O-]. The first-order valence-electron chi connectivity index (χ1n) is 8.49. The van der Waals surface area contributed by atoms with Crippen molar-refractivity contribution >= 4 is 23.6 Å². The molecule has 1 aromatic rings. The minimum atomic E-state index is -0.971. The Balaban J connectivity index is 2.90. The quantitative estimate of drug-likeness (QED) is 0.367. The molecular formula is C18H24N2O6. The molecule has 0 saturated carbocycles. The lowest BCUT2D eigenvalue weighted by atomic mass is 10.1. The van der Waals surface area contributed by atoms with Crippen LogP contribution in [0.15, 0.2) is 24.3 Å². The highest BCUT2D eigenvalue weighted by atomic mass is 16.6. The lowest BCUT2D eigenvalue weighted by Gasteiger charge is -2.19. The molecule has 0 bridgehead atoms. The molecule has 8 nitrogen and oxygen atoms in total. The van der Waals surface area contributed by atoms with Gasteiger partial charge in [0, 0.05) is 25.2 Å². The van der Waals surface area contributed by atoms with Gasteiger partial charge in [0.1, 0.15) is 0 Å². The number of hydrogen-bond acceptors (Lipinski definition) is 5. The summed E-state index contributed by atoms with van der Waals surface area (Å²) in [6.45, 7) is 4.74. The van der Waals surface area contributed by atoms with Crippen molar-refractivity contribution in [3.63, 3.8) is 0 Å². The molecule has 0 heterocycles. The van der Waals surface area contributed by atoms with Gasteiger partial charge in [0.25, 0.3) is 0 Å². The molecule has 1 rings (SSSR count). The third kappa shape index (κ3) is 6.92. The number of carboxylic acid groups (broad SMARTS) is 1. The van der Waals surface area contributed by atoms with Crippen molar-refractivity contribution in [3.05, 3.63) is 40.0 Å². The van der Waals surface area contributed by atoms with Crippen molar-refractivity contribution in [2.45, 2.75) is 33.1 Å². The third-order valence-corrected chi connectivity index (χ3v) is 3.46. The molecule has 8 heteroatoms. The van der Waals surface area contributed by atoms with E-state index in [-0.39, 0.29) is 30.3 Å². The fraction of sp³-hybridized carbons (Fsp3) is 0.444. The number of nitro benzene ring substituents is 1. The maximum Gasteiger partial charge on any atom is 0.311 e. The zero-order chi connectivity index (χ0) is 19.5. The van der Waals surface area contributed by atoms with Gasteiger partial charge >= 0.3 is 11.7 Å². The van der Waals surface area contributed by atoms with E-state index in [0.717, 1.165) is 6.42 Å². The van der Waals surface area contributed by atoms with Gasteiger partial charge in [0.05, 0.1) is 18.0 Å². The van der Waals surface area contributed by atoms with Crippen LogP contribution in [-0.2, 0) is 9.59 Å². The van der Waals surface area contributed by atoms with E-state index in [4.69, 9.17) is 9.84 Å². The average Bonchev–Trinajstić information content (AvgIpc) is 2.61. The average molecular weight is 364 g/mol. The van der Waals surface area contributed by atoms with E-state index in [1.54, 1.807) is 6.07 Å². The number of amides is 1. The van der Waals surface area contributed by atoms with Crippen LogP contribution in [0.3, 0.4) is 0 Å². The number of hydrogen-bond donors (Lipinski definition) is 1. The molecule has 1 amide bonds. The second-order valence-corrected chi connectivity index (χ2v) is 5.64. The van der Waals surface area contributed by atoms with Crippen molar-refractivity contribution in [1.82, 2.24) is 4.90 Å². The normalized spacial score (nSPS) is 10.7. The summed E-state index contributed by atoms with van der Waals surface area (Å²) < 4.78 is 5.36. The molecule has 142 valence electrons. The molecule has 0 aliphatic carbocycles. The molecule has 0 spiro atoms. The van der Waals surface area contributed by atoms with Gasteiger partial charge in [-0.05, 0) is 30.5 Å². The van der Waals surface area contributed by atoms with Crippen molar-refractivity contribution in [2.24, 2.45) is 0 Å². The van der Waals surface area contributed by atoms with E-state index in [1.807, 2.05) is 13.8 Å². The van der Waals surface area contributed by atoms with Crippen LogP contribution in [0.5, 0.6) is 5.75 Å². The number of nitrogens with zero attached hydrogens (tertiary/aromatic N) is 2. The first-order valence-corrected chi connectivity index (χ1v) is 8.49. The molecule has 0 unspecified atom stereocenters. The van der Waals surface area contributed by atoms with E-state index >= 15 is 0 Å². The molecule has 0 atom stereocenters. The van der Waals surface area contributed by atoms with Gasteiger partial charge in [-0.25, -0.2) is 0 Å². The number of carbonyl (C=O) groups is 2. The zero-order valence-electron chi connectivity index (χ0n) is 15.0. The summed E-state index contributed by atoms with van der Waals surface area (Å²) in [5.74, 6) is -1.11. The van der Waals surface area contributed by atoms with Crippen LogP contribution in [0.25, 0.3) is 6.08 Å². The molecule has 1 aromatic carbocycles. The zero-order valence-corrected chi connectivity index (χ0v) is 15.0. The van der Waals surface area contributed by atoms with E-state index in [1.165, 1.54) is 29.2 Å².